The van der Waals surface area contributed by atoms with E-state index in [2.05, 4.69) is 0 Å². The summed E-state index contributed by atoms with van der Waals surface area (Å²) in [4.78, 5) is 13.4. The summed E-state index contributed by atoms with van der Waals surface area (Å²) in [5.41, 5.74) is -1.28. The predicted octanol–water partition coefficient (Wildman–Crippen LogP) is 2.01. The molecular weight excluding hydrogens is 206 g/mol. The van der Waals surface area contributed by atoms with Gasteiger partial charge in [0.25, 0.3) is 0 Å². The normalized spacial score (nSPS) is 31.4. The lowest BCUT2D eigenvalue weighted by atomic mass is 9.88. The van der Waals surface area contributed by atoms with Crippen LogP contribution in [0.25, 0.3) is 0 Å². The maximum atomic E-state index is 11.8. The highest BCUT2D eigenvalue weighted by Gasteiger charge is 2.36. The number of carbonyl (C=O) groups is 1. The van der Waals surface area contributed by atoms with Crippen molar-refractivity contribution in [1.29, 1.82) is 0 Å². The van der Waals surface area contributed by atoms with E-state index < -0.39 is 11.2 Å². The van der Waals surface area contributed by atoms with Gasteiger partial charge in [0.05, 0.1) is 12.1 Å². The number of hydrogen-bond acceptors (Lipinski definition) is 3. The lowest BCUT2D eigenvalue weighted by Gasteiger charge is -2.40. The number of aliphatic hydroxyl groups is 1. The summed E-state index contributed by atoms with van der Waals surface area (Å²) in [7, 11) is 0. The molecule has 1 unspecified atom stereocenters. The molecule has 0 radical (unpaired) electrons. The van der Waals surface area contributed by atoms with Gasteiger partial charge in [-0.2, -0.15) is 0 Å². The van der Waals surface area contributed by atoms with Crippen LogP contribution in [0.3, 0.4) is 0 Å². The summed E-state index contributed by atoms with van der Waals surface area (Å²) in [6.45, 7) is 10.3. The molecule has 1 saturated heterocycles. The Morgan fingerprint density at radius 2 is 2.06 bits per heavy atom. The van der Waals surface area contributed by atoms with Crippen molar-refractivity contribution in [1.82, 2.24) is 4.90 Å². The maximum absolute atomic E-state index is 11.8. The molecule has 1 aliphatic rings. The third-order valence-corrected chi connectivity index (χ3v) is 2.50. The van der Waals surface area contributed by atoms with Crippen LogP contribution in [0.1, 0.15) is 41.0 Å². The van der Waals surface area contributed by atoms with Crippen LogP contribution in [0, 0.1) is 5.92 Å². The molecule has 1 heterocycles. The van der Waals surface area contributed by atoms with Crippen LogP contribution in [0.15, 0.2) is 0 Å². The molecule has 4 heteroatoms. The van der Waals surface area contributed by atoms with Gasteiger partial charge in [-0.25, -0.2) is 4.79 Å². The molecular formula is C12H23NO3. The molecule has 2 atom stereocenters. The SMILES string of the molecule is C[C@@H]1CN(C(=O)OC(C)(C)C)CC(C)(O)C1. The summed E-state index contributed by atoms with van der Waals surface area (Å²) >= 11 is 0. The Morgan fingerprint density at radius 1 is 1.50 bits per heavy atom. The Labute approximate surface area is 97.6 Å². The molecule has 0 spiro atoms. The van der Waals surface area contributed by atoms with Gasteiger partial charge >= 0.3 is 6.09 Å². The van der Waals surface area contributed by atoms with E-state index in [1.807, 2.05) is 27.7 Å². The van der Waals surface area contributed by atoms with Gasteiger partial charge in [0.15, 0.2) is 0 Å². The minimum atomic E-state index is -0.797. The molecule has 4 nitrogen and oxygen atoms in total. The third kappa shape index (κ3) is 4.00. The number of rotatable bonds is 0. The van der Waals surface area contributed by atoms with Gasteiger partial charge in [-0.05, 0) is 40.0 Å². The Bertz CT molecular complexity index is 268. The molecule has 94 valence electrons. The largest absolute Gasteiger partial charge is 0.444 e. The molecule has 0 saturated carbocycles. The van der Waals surface area contributed by atoms with E-state index in [-0.39, 0.29) is 6.09 Å². The first-order valence-corrected chi connectivity index (χ1v) is 5.79. The highest BCUT2D eigenvalue weighted by Crippen LogP contribution is 2.26. The molecule has 0 aromatic heterocycles. The summed E-state index contributed by atoms with van der Waals surface area (Å²) in [5, 5.41) is 10.0. The first kappa shape index (κ1) is 13.3. The Kier molecular flexibility index (Phi) is 3.53. The van der Waals surface area contributed by atoms with Gasteiger partial charge in [0.1, 0.15) is 5.60 Å². The quantitative estimate of drug-likeness (QED) is 0.691. The number of piperidine rings is 1. The minimum Gasteiger partial charge on any atom is -0.444 e. The number of β-amino-alcohol motifs (C(OH)–C–C–N with tert-alkyl or cyclic N) is 1. The summed E-state index contributed by atoms with van der Waals surface area (Å²) in [6.07, 6.45) is 0.395. The van der Waals surface area contributed by atoms with E-state index in [0.29, 0.717) is 19.0 Å². The monoisotopic (exact) mass is 229 g/mol. The predicted molar refractivity (Wildman–Crippen MR) is 62.2 cm³/mol. The number of amides is 1. The van der Waals surface area contributed by atoms with E-state index >= 15 is 0 Å². The van der Waals surface area contributed by atoms with Gasteiger partial charge in [-0.3, -0.25) is 0 Å². The Hall–Kier alpha value is -0.770. The van der Waals surface area contributed by atoms with Crippen LogP contribution in [0.2, 0.25) is 0 Å². The highest BCUT2D eigenvalue weighted by atomic mass is 16.6. The number of ether oxygens (including phenoxy) is 1. The number of nitrogens with zero attached hydrogens (tertiary/aromatic N) is 1. The second kappa shape index (κ2) is 4.24. The molecule has 1 rings (SSSR count). The van der Waals surface area contributed by atoms with Crippen molar-refractivity contribution in [2.45, 2.75) is 52.2 Å². The fourth-order valence-corrected chi connectivity index (χ4v) is 2.20. The molecule has 1 amide bonds. The van der Waals surface area contributed by atoms with Crippen LogP contribution in [-0.4, -0.2) is 40.4 Å². The minimum absolute atomic E-state index is 0.302. The van der Waals surface area contributed by atoms with E-state index in [9.17, 15) is 9.90 Å². The zero-order valence-corrected chi connectivity index (χ0v) is 10.9. The second-order valence-electron chi connectivity index (χ2n) is 6.17. The zero-order chi connectivity index (χ0) is 12.6. The first-order chi connectivity index (χ1) is 7.09. The summed E-state index contributed by atoms with van der Waals surface area (Å²) in [5.74, 6) is 0.302. The van der Waals surface area contributed by atoms with E-state index in [1.165, 1.54) is 0 Å². The number of carbonyl (C=O) groups excluding carboxylic acids is 1. The van der Waals surface area contributed by atoms with Crippen molar-refractivity contribution in [2.24, 2.45) is 5.92 Å². The molecule has 1 fully saturated rings. The molecule has 16 heavy (non-hydrogen) atoms. The van der Waals surface area contributed by atoms with Crippen molar-refractivity contribution >= 4 is 6.09 Å². The van der Waals surface area contributed by atoms with Crippen LogP contribution < -0.4 is 0 Å². The second-order valence-corrected chi connectivity index (χ2v) is 6.17. The number of hydrogen-bond donors (Lipinski definition) is 1. The fraction of sp³-hybridized carbons (Fsp3) is 0.917. The lowest BCUT2D eigenvalue weighted by Crippen LogP contribution is -2.52. The van der Waals surface area contributed by atoms with Crippen molar-refractivity contribution in [3.05, 3.63) is 0 Å². The van der Waals surface area contributed by atoms with Crippen LogP contribution in [0.5, 0.6) is 0 Å². The standard InChI is InChI=1S/C12H23NO3/c1-9-6-12(5,15)8-13(7-9)10(14)16-11(2,3)4/h9,15H,6-8H2,1-5H3/t9-,12?/m0/s1. The molecule has 1 aliphatic heterocycles. The Morgan fingerprint density at radius 3 is 2.50 bits per heavy atom. The van der Waals surface area contributed by atoms with E-state index in [4.69, 9.17) is 4.74 Å². The van der Waals surface area contributed by atoms with Gasteiger partial charge < -0.3 is 14.7 Å². The lowest BCUT2D eigenvalue weighted by molar-refractivity contribution is -0.0472. The van der Waals surface area contributed by atoms with Gasteiger partial charge in [-0.1, -0.05) is 6.92 Å². The van der Waals surface area contributed by atoms with Gasteiger partial charge in [0, 0.05) is 6.54 Å². The summed E-state index contributed by atoms with van der Waals surface area (Å²) in [6, 6.07) is 0. The van der Waals surface area contributed by atoms with E-state index in [0.717, 1.165) is 6.42 Å². The van der Waals surface area contributed by atoms with Crippen molar-refractivity contribution < 1.29 is 14.6 Å². The summed E-state index contributed by atoms with van der Waals surface area (Å²) < 4.78 is 5.29. The van der Waals surface area contributed by atoms with Gasteiger partial charge in [0.2, 0.25) is 0 Å². The van der Waals surface area contributed by atoms with E-state index in [1.54, 1.807) is 11.8 Å². The average Bonchev–Trinajstić information content (AvgIpc) is 1.96. The highest BCUT2D eigenvalue weighted by molar-refractivity contribution is 5.68. The fourth-order valence-electron chi connectivity index (χ4n) is 2.20. The van der Waals surface area contributed by atoms with Crippen molar-refractivity contribution in [3.63, 3.8) is 0 Å². The molecule has 0 aromatic rings. The molecule has 1 N–H and O–H groups in total. The smallest absolute Gasteiger partial charge is 0.410 e. The third-order valence-electron chi connectivity index (χ3n) is 2.50. The van der Waals surface area contributed by atoms with Crippen LogP contribution in [-0.2, 0) is 4.74 Å². The van der Waals surface area contributed by atoms with Crippen LogP contribution >= 0.6 is 0 Å². The van der Waals surface area contributed by atoms with Crippen LogP contribution in [0.4, 0.5) is 4.79 Å². The first-order valence-electron chi connectivity index (χ1n) is 5.79. The molecule has 0 aromatic carbocycles. The Balaban J connectivity index is 2.63. The average molecular weight is 229 g/mol. The topological polar surface area (TPSA) is 49.8 Å². The van der Waals surface area contributed by atoms with Gasteiger partial charge in [-0.15, -0.1) is 0 Å². The maximum Gasteiger partial charge on any atom is 0.410 e. The molecule has 0 bridgehead atoms. The number of likely N-dealkylation sites (tertiary alicyclic amines) is 1. The molecule has 0 aliphatic carbocycles. The van der Waals surface area contributed by atoms with Crippen molar-refractivity contribution in [3.8, 4) is 0 Å². The van der Waals surface area contributed by atoms with Crippen molar-refractivity contribution in [2.75, 3.05) is 13.1 Å². The zero-order valence-electron chi connectivity index (χ0n) is 10.9.